The van der Waals surface area contributed by atoms with Crippen molar-refractivity contribution in [3.63, 3.8) is 0 Å². The highest BCUT2D eigenvalue weighted by molar-refractivity contribution is 5.78. The summed E-state index contributed by atoms with van der Waals surface area (Å²) in [5.41, 5.74) is 6.07. The summed E-state index contributed by atoms with van der Waals surface area (Å²) in [7, 11) is 0. The molecule has 1 heterocycles. The normalized spacial score (nSPS) is 21.6. The Kier molecular flexibility index (Phi) is 5.11. The first-order chi connectivity index (χ1) is 10.6. The fourth-order valence-electron chi connectivity index (χ4n) is 2.86. The number of ether oxygens (including phenoxy) is 1. The summed E-state index contributed by atoms with van der Waals surface area (Å²) >= 11 is 0. The molecule has 1 saturated carbocycles. The fourth-order valence-corrected chi connectivity index (χ4v) is 2.86. The zero-order chi connectivity index (χ0) is 17.3. The number of piperazine rings is 1. The molecule has 2 N–H and O–H groups in total. The van der Waals surface area contributed by atoms with Gasteiger partial charge in [-0.05, 0) is 44.9 Å². The van der Waals surface area contributed by atoms with Gasteiger partial charge in [-0.25, -0.2) is 4.79 Å². The van der Waals surface area contributed by atoms with Crippen LogP contribution in [0.15, 0.2) is 4.99 Å². The van der Waals surface area contributed by atoms with E-state index < -0.39 is 5.60 Å². The lowest BCUT2D eigenvalue weighted by atomic mass is 9.93. The molecule has 132 valence electrons. The van der Waals surface area contributed by atoms with Crippen LogP contribution < -0.4 is 5.73 Å². The molecule has 0 aromatic rings. The van der Waals surface area contributed by atoms with Crippen LogP contribution >= 0.6 is 0 Å². The minimum absolute atomic E-state index is 0.246. The standard InChI is InChI=1S/C17H32N4O2/c1-13(2)17(6-7-17)12-19-14(18)20-8-10-21(11-9-20)15(22)23-16(3,4)5/h13H,6-12H2,1-5H3,(H2,18,19). The van der Waals surface area contributed by atoms with Gasteiger partial charge in [-0.3, -0.25) is 4.99 Å². The van der Waals surface area contributed by atoms with Gasteiger partial charge < -0.3 is 20.3 Å². The molecule has 0 spiro atoms. The summed E-state index contributed by atoms with van der Waals surface area (Å²) in [4.78, 5) is 20.5. The predicted octanol–water partition coefficient (Wildman–Crippen LogP) is 2.29. The van der Waals surface area contributed by atoms with E-state index in [4.69, 9.17) is 10.5 Å². The van der Waals surface area contributed by atoms with Crippen molar-refractivity contribution in [3.05, 3.63) is 0 Å². The molecule has 2 aliphatic rings. The molecule has 0 aromatic carbocycles. The van der Waals surface area contributed by atoms with Crippen LogP contribution in [0.5, 0.6) is 0 Å². The highest BCUT2D eigenvalue weighted by Crippen LogP contribution is 2.51. The van der Waals surface area contributed by atoms with Crippen LogP contribution in [-0.4, -0.2) is 60.2 Å². The van der Waals surface area contributed by atoms with Crippen molar-refractivity contribution in [2.24, 2.45) is 22.1 Å². The molecule has 0 atom stereocenters. The Morgan fingerprint density at radius 3 is 2.13 bits per heavy atom. The number of hydrogen-bond donors (Lipinski definition) is 1. The van der Waals surface area contributed by atoms with Gasteiger partial charge in [0, 0.05) is 32.7 Å². The summed E-state index contributed by atoms with van der Waals surface area (Å²) in [5.74, 6) is 1.27. The molecule has 0 unspecified atom stereocenters. The molecule has 0 bridgehead atoms. The third-order valence-corrected chi connectivity index (χ3v) is 4.93. The summed E-state index contributed by atoms with van der Waals surface area (Å²) in [6.45, 7) is 13.7. The second-order valence-corrected chi connectivity index (χ2v) is 8.15. The second kappa shape index (κ2) is 6.57. The smallest absolute Gasteiger partial charge is 0.410 e. The molecule has 2 fully saturated rings. The number of rotatable bonds is 3. The summed E-state index contributed by atoms with van der Waals surface area (Å²) in [6, 6.07) is 0. The molecule has 1 amide bonds. The Hall–Kier alpha value is -1.46. The summed E-state index contributed by atoms with van der Waals surface area (Å²) < 4.78 is 5.41. The van der Waals surface area contributed by atoms with Gasteiger partial charge >= 0.3 is 6.09 Å². The minimum Gasteiger partial charge on any atom is -0.444 e. The van der Waals surface area contributed by atoms with Gasteiger partial charge in [0.15, 0.2) is 5.96 Å². The third-order valence-electron chi connectivity index (χ3n) is 4.93. The van der Waals surface area contributed by atoms with E-state index in [1.165, 1.54) is 12.8 Å². The molecule has 1 aliphatic heterocycles. The zero-order valence-electron chi connectivity index (χ0n) is 15.3. The monoisotopic (exact) mass is 324 g/mol. The van der Waals surface area contributed by atoms with E-state index in [0.717, 1.165) is 6.54 Å². The highest BCUT2D eigenvalue weighted by Gasteiger charge is 2.45. The number of hydrogen-bond acceptors (Lipinski definition) is 3. The van der Waals surface area contributed by atoms with Crippen LogP contribution in [-0.2, 0) is 4.74 Å². The van der Waals surface area contributed by atoms with Gasteiger partial charge in [0.1, 0.15) is 5.60 Å². The number of guanidine groups is 1. The van der Waals surface area contributed by atoms with Crippen LogP contribution in [0, 0.1) is 11.3 Å². The van der Waals surface area contributed by atoms with Gasteiger partial charge in [0.25, 0.3) is 0 Å². The molecular weight excluding hydrogens is 292 g/mol. The molecule has 6 nitrogen and oxygen atoms in total. The van der Waals surface area contributed by atoms with Crippen molar-refractivity contribution in [1.29, 1.82) is 0 Å². The quantitative estimate of drug-likeness (QED) is 0.639. The van der Waals surface area contributed by atoms with E-state index in [9.17, 15) is 4.79 Å². The molecule has 2 rings (SSSR count). The van der Waals surface area contributed by atoms with Gasteiger partial charge in [-0.2, -0.15) is 0 Å². The topological polar surface area (TPSA) is 71.2 Å². The number of nitrogens with two attached hydrogens (primary N) is 1. The summed E-state index contributed by atoms with van der Waals surface area (Å²) in [5, 5.41) is 0. The van der Waals surface area contributed by atoms with E-state index in [0.29, 0.717) is 43.5 Å². The Balaban J connectivity index is 1.81. The Morgan fingerprint density at radius 2 is 1.70 bits per heavy atom. The third kappa shape index (κ3) is 4.75. The van der Waals surface area contributed by atoms with Crippen LogP contribution in [0.1, 0.15) is 47.5 Å². The van der Waals surface area contributed by atoms with Crippen LogP contribution in [0.4, 0.5) is 4.79 Å². The molecule has 0 aromatic heterocycles. The number of aliphatic imine (C=N–C) groups is 1. The maximum Gasteiger partial charge on any atom is 0.410 e. The Labute approximate surface area is 140 Å². The van der Waals surface area contributed by atoms with E-state index >= 15 is 0 Å². The lowest BCUT2D eigenvalue weighted by Gasteiger charge is -2.36. The highest BCUT2D eigenvalue weighted by atomic mass is 16.6. The Morgan fingerprint density at radius 1 is 1.17 bits per heavy atom. The van der Waals surface area contributed by atoms with E-state index in [-0.39, 0.29) is 6.09 Å². The van der Waals surface area contributed by atoms with Crippen molar-refractivity contribution < 1.29 is 9.53 Å². The fraction of sp³-hybridized carbons (Fsp3) is 0.882. The number of carbonyl (C=O) groups excluding carboxylic acids is 1. The SMILES string of the molecule is CC(C)C1(CN=C(N)N2CCN(C(=O)OC(C)(C)C)CC2)CC1. The van der Waals surface area contributed by atoms with Crippen LogP contribution in [0.25, 0.3) is 0 Å². The number of amides is 1. The van der Waals surface area contributed by atoms with Crippen molar-refractivity contribution in [2.75, 3.05) is 32.7 Å². The number of nitrogens with zero attached hydrogens (tertiary/aromatic N) is 3. The first kappa shape index (κ1) is 17.9. The van der Waals surface area contributed by atoms with Gasteiger partial charge in [-0.15, -0.1) is 0 Å². The summed E-state index contributed by atoms with van der Waals surface area (Å²) in [6.07, 6.45) is 2.27. The average Bonchev–Trinajstić information content (AvgIpc) is 3.24. The predicted molar refractivity (Wildman–Crippen MR) is 92.4 cm³/mol. The Bertz CT molecular complexity index is 456. The van der Waals surface area contributed by atoms with Crippen molar-refractivity contribution in [3.8, 4) is 0 Å². The molecular formula is C17H32N4O2. The molecule has 1 aliphatic carbocycles. The molecule has 6 heteroatoms. The molecule has 23 heavy (non-hydrogen) atoms. The largest absolute Gasteiger partial charge is 0.444 e. The first-order valence-corrected chi connectivity index (χ1v) is 8.66. The number of carbonyl (C=O) groups is 1. The van der Waals surface area contributed by atoms with Gasteiger partial charge in [0.2, 0.25) is 0 Å². The average molecular weight is 324 g/mol. The maximum absolute atomic E-state index is 12.1. The van der Waals surface area contributed by atoms with Gasteiger partial charge in [0.05, 0.1) is 0 Å². The van der Waals surface area contributed by atoms with Crippen molar-refractivity contribution in [2.45, 2.75) is 53.1 Å². The molecule has 0 radical (unpaired) electrons. The van der Waals surface area contributed by atoms with Gasteiger partial charge in [-0.1, -0.05) is 13.8 Å². The minimum atomic E-state index is -0.454. The van der Waals surface area contributed by atoms with E-state index in [1.54, 1.807) is 4.90 Å². The lowest BCUT2D eigenvalue weighted by Crippen LogP contribution is -2.53. The van der Waals surface area contributed by atoms with E-state index in [1.807, 2.05) is 20.8 Å². The lowest BCUT2D eigenvalue weighted by molar-refractivity contribution is 0.0186. The zero-order valence-corrected chi connectivity index (χ0v) is 15.3. The molecule has 1 saturated heterocycles. The van der Waals surface area contributed by atoms with E-state index in [2.05, 4.69) is 23.7 Å². The van der Waals surface area contributed by atoms with Crippen molar-refractivity contribution in [1.82, 2.24) is 9.80 Å². The van der Waals surface area contributed by atoms with Crippen LogP contribution in [0.2, 0.25) is 0 Å². The maximum atomic E-state index is 12.1. The first-order valence-electron chi connectivity index (χ1n) is 8.66. The van der Waals surface area contributed by atoms with Crippen molar-refractivity contribution >= 4 is 12.1 Å². The second-order valence-electron chi connectivity index (χ2n) is 8.15. The van der Waals surface area contributed by atoms with Crippen LogP contribution in [0.3, 0.4) is 0 Å².